The molecule has 0 saturated heterocycles. The first kappa shape index (κ1) is 25.4. The first-order chi connectivity index (χ1) is 15.7. The van der Waals surface area contributed by atoms with E-state index in [1.54, 1.807) is 30.3 Å². The molecule has 33 heavy (non-hydrogen) atoms. The number of nitrogens with two attached hydrogens (primary N) is 1. The average Bonchev–Trinajstić information content (AvgIpc) is 2.77. The molecule has 2 aromatic rings. The number of carbonyl (C=O) groups excluding carboxylic acids is 3. The van der Waals surface area contributed by atoms with E-state index in [4.69, 9.17) is 15.2 Å². The molecule has 9 heteroatoms. The lowest BCUT2D eigenvalue weighted by atomic mass is 10.0. The van der Waals surface area contributed by atoms with Crippen LogP contribution >= 0.6 is 0 Å². The van der Waals surface area contributed by atoms with Gasteiger partial charge in [-0.3, -0.25) is 14.4 Å². The molecule has 2 rings (SSSR count). The van der Waals surface area contributed by atoms with Gasteiger partial charge in [-0.2, -0.15) is 5.10 Å². The van der Waals surface area contributed by atoms with Gasteiger partial charge in [0.2, 0.25) is 0 Å². The molecule has 0 aliphatic rings. The number of nitrogens with one attached hydrogen (secondary N) is 2. The predicted molar refractivity (Wildman–Crippen MR) is 125 cm³/mol. The zero-order chi connectivity index (χ0) is 24.4. The van der Waals surface area contributed by atoms with E-state index in [9.17, 15) is 14.4 Å². The van der Waals surface area contributed by atoms with E-state index in [0.717, 1.165) is 5.56 Å². The Kier molecular flexibility index (Phi) is 9.41. The quantitative estimate of drug-likeness (QED) is 0.354. The lowest BCUT2D eigenvalue weighted by molar-refractivity contribution is -0.124. The largest absolute Gasteiger partial charge is 0.490 e. The number of aryl methyl sites for hydroxylation is 1. The topological polar surface area (TPSA) is 132 Å². The van der Waals surface area contributed by atoms with Crippen molar-refractivity contribution in [2.45, 2.75) is 33.7 Å². The van der Waals surface area contributed by atoms with Crippen LogP contribution in [0.15, 0.2) is 47.6 Å². The second-order valence-electron chi connectivity index (χ2n) is 7.69. The third kappa shape index (κ3) is 7.95. The summed E-state index contributed by atoms with van der Waals surface area (Å²) in [4.78, 5) is 36.1. The summed E-state index contributed by atoms with van der Waals surface area (Å²) in [5.74, 6) is -0.732. The Hall–Kier alpha value is -3.88. The molecule has 2 aromatic carbocycles. The fourth-order valence-electron chi connectivity index (χ4n) is 2.85. The van der Waals surface area contributed by atoms with E-state index in [1.165, 1.54) is 6.21 Å². The number of amides is 3. The molecule has 4 N–H and O–H groups in total. The molecule has 0 bridgehead atoms. The Bertz CT molecular complexity index is 1000. The van der Waals surface area contributed by atoms with Crippen molar-refractivity contribution >= 4 is 23.9 Å². The van der Waals surface area contributed by atoms with Gasteiger partial charge in [0.25, 0.3) is 17.7 Å². The van der Waals surface area contributed by atoms with Crippen LogP contribution < -0.4 is 25.9 Å². The summed E-state index contributed by atoms with van der Waals surface area (Å²) in [6.45, 7) is 7.54. The van der Waals surface area contributed by atoms with Gasteiger partial charge < -0.3 is 20.5 Å². The maximum Gasteiger partial charge on any atom is 0.262 e. The van der Waals surface area contributed by atoms with Gasteiger partial charge in [-0.25, -0.2) is 5.43 Å². The molecule has 9 nitrogen and oxygen atoms in total. The molecule has 0 aliphatic heterocycles. The number of nitrogens with zero attached hydrogens (tertiary/aromatic N) is 1. The molecular weight excluding hydrogens is 424 g/mol. The van der Waals surface area contributed by atoms with Crippen LogP contribution in [0.5, 0.6) is 11.5 Å². The monoisotopic (exact) mass is 454 g/mol. The highest BCUT2D eigenvalue weighted by atomic mass is 16.5. The van der Waals surface area contributed by atoms with Gasteiger partial charge in [-0.1, -0.05) is 31.5 Å². The number of benzene rings is 2. The number of rotatable bonds is 11. The van der Waals surface area contributed by atoms with Crippen LogP contribution in [0.1, 0.15) is 42.3 Å². The Labute approximate surface area is 193 Å². The standard InChI is InChI=1S/C24H30N4O5/c1-5-32-20-12-17(8-11-19(20)33-14-21(25)29)13-26-28-24(31)22(15(2)3)27-23(30)18-9-6-16(4)7-10-18/h6-13,15,22H,5,14H2,1-4H3,(H2,25,29)(H,27,30)(H,28,31). The predicted octanol–water partition coefficient (Wildman–Crippen LogP) is 2.16. The number of carbonyl (C=O) groups is 3. The summed E-state index contributed by atoms with van der Waals surface area (Å²) in [7, 11) is 0. The van der Waals surface area contributed by atoms with E-state index >= 15 is 0 Å². The van der Waals surface area contributed by atoms with Crippen LogP contribution in [0.2, 0.25) is 0 Å². The Balaban J connectivity index is 2.04. The summed E-state index contributed by atoms with van der Waals surface area (Å²) in [5, 5.41) is 6.75. The molecule has 0 aliphatic carbocycles. The van der Waals surface area contributed by atoms with Crippen LogP contribution in [-0.4, -0.2) is 43.2 Å². The van der Waals surface area contributed by atoms with Gasteiger partial charge in [0.15, 0.2) is 18.1 Å². The fourth-order valence-corrected chi connectivity index (χ4v) is 2.85. The molecular formula is C24H30N4O5. The minimum Gasteiger partial charge on any atom is -0.490 e. The highest BCUT2D eigenvalue weighted by Crippen LogP contribution is 2.28. The minimum atomic E-state index is -0.764. The number of hydrogen-bond donors (Lipinski definition) is 3. The zero-order valence-electron chi connectivity index (χ0n) is 19.3. The minimum absolute atomic E-state index is 0.152. The first-order valence-corrected chi connectivity index (χ1v) is 10.6. The lowest BCUT2D eigenvalue weighted by Crippen LogP contribution is -2.48. The van der Waals surface area contributed by atoms with Gasteiger partial charge in [-0.15, -0.1) is 0 Å². The van der Waals surface area contributed by atoms with E-state index in [-0.39, 0.29) is 18.4 Å². The zero-order valence-corrected chi connectivity index (χ0v) is 19.3. The average molecular weight is 455 g/mol. The van der Waals surface area contributed by atoms with E-state index in [2.05, 4.69) is 15.8 Å². The van der Waals surface area contributed by atoms with Crippen LogP contribution in [0.3, 0.4) is 0 Å². The fraction of sp³-hybridized carbons (Fsp3) is 0.333. The van der Waals surface area contributed by atoms with E-state index in [0.29, 0.717) is 29.2 Å². The summed E-state index contributed by atoms with van der Waals surface area (Å²) in [6.07, 6.45) is 1.44. The van der Waals surface area contributed by atoms with Crippen LogP contribution in [0, 0.1) is 12.8 Å². The summed E-state index contributed by atoms with van der Waals surface area (Å²) in [6, 6.07) is 11.3. The molecule has 0 fully saturated rings. The summed E-state index contributed by atoms with van der Waals surface area (Å²) >= 11 is 0. The first-order valence-electron chi connectivity index (χ1n) is 10.6. The van der Waals surface area contributed by atoms with E-state index in [1.807, 2.05) is 39.8 Å². The van der Waals surface area contributed by atoms with Gasteiger partial charge in [0.05, 0.1) is 12.8 Å². The third-order valence-corrected chi connectivity index (χ3v) is 4.58. The van der Waals surface area contributed by atoms with E-state index < -0.39 is 17.9 Å². The van der Waals surface area contributed by atoms with Crippen LogP contribution in [0.4, 0.5) is 0 Å². The normalized spacial score (nSPS) is 11.8. The lowest BCUT2D eigenvalue weighted by Gasteiger charge is -2.20. The van der Waals surface area contributed by atoms with Crippen molar-refractivity contribution in [1.82, 2.24) is 10.7 Å². The molecule has 0 heterocycles. The molecule has 0 saturated carbocycles. The molecule has 1 atom stereocenters. The molecule has 0 spiro atoms. The maximum absolute atomic E-state index is 12.6. The Morgan fingerprint density at radius 1 is 1.06 bits per heavy atom. The van der Waals surface area contributed by atoms with Crippen molar-refractivity contribution in [3.63, 3.8) is 0 Å². The number of primary amides is 1. The van der Waals surface area contributed by atoms with Crippen molar-refractivity contribution in [2.75, 3.05) is 13.2 Å². The van der Waals surface area contributed by atoms with Gasteiger partial charge >= 0.3 is 0 Å². The van der Waals surface area contributed by atoms with Gasteiger partial charge in [0.1, 0.15) is 6.04 Å². The summed E-state index contributed by atoms with van der Waals surface area (Å²) < 4.78 is 10.9. The van der Waals surface area contributed by atoms with Crippen molar-refractivity contribution in [3.8, 4) is 11.5 Å². The Morgan fingerprint density at radius 2 is 1.76 bits per heavy atom. The second kappa shape index (κ2) is 12.2. The number of ether oxygens (including phenoxy) is 2. The maximum atomic E-state index is 12.6. The molecule has 0 radical (unpaired) electrons. The third-order valence-electron chi connectivity index (χ3n) is 4.58. The molecule has 3 amide bonds. The second-order valence-corrected chi connectivity index (χ2v) is 7.69. The van der Waals surface area contributed by atoms with Crippen molar-refractivity contribution < 1.29 is 23.9 Å². The van der Waals surface area contributed by atoms with Crippen molar-refractivity contribution in [1.29, 1.82) is 0 Å². The smallest absolute Gasteiger partial charge is 0.262 e. The van der Waals surface area contributed by atoms with Crippen molar-refractivity contribution in [2.24, 2.45) is 16.8 Å². The SMILES string of the molecule is CCOc1cc(C=NNC(=O)C(NC(=O)c2ccc(C)cc2)C(C)C)ccc1OCC(N)=O. The number of hydrazone groups is 1. The molecule has 0 aromatic heterocycles. The van der Waals surface area contributed by atoms with Crippen LogP contribution in [0.25, 0.3) is 0 Å². The highest BCUT2D eigenvalue weighted by molar-refractivity contribution is 5.97. The number of hydrogen-bond acceptors (Lipinski definition) is 6. The molecule has 176 valence electrons. The molecule has 1 unspecified atom stereocenters. The van der Waals surface area contributed by atoms with Crippen LogP contribution in [-0.2, 0) is 9.59 Å². The Morgan fingerprint density at radius 3 is 2.36 bits per heavy atom. The van der Waals surface area contributed by atoms with Gasteiger partial charge in [0, 0.05) is 5.56 Å². The van der Waals surface area contributed by atoms with Gasteiger partial charge in [-0.05, 0) is 55.7 Å². The highest BCUT2D eigenvalue weighted by Gasteiger charge is 2.24. The van der Waals surface area contributed by atoms with Crippen molar-refractivity contribution in [3.05, 3.63) is 59.2 Å². The summed E-state index contributed by atoms with van der Waals surface area (Å²) in [5.41, 5.74) is 9.73.